The highest BCUT2D eigenvalue weighted by atomic mass is 32.2. The monoisotopic (exact) mass is 414 g/mol. The molecule has 0 aliphatic carbocycles. The average Bonchev–Trinajstić information content (AvgIpc) is 2.74. The number of anilines is 1. The molecule has 1 aliphatic heterocycles. The van der Waals surface area contributed by atoms with Crippen LogP contribution < -0.4 is 5.32 Å². The van der Waals surface area contributed by atoms with Gasteiger partial charge in [-0.05, 0) is 56.0 Å². The molecule has 1 unspecified atom stereocenters. The van der Waals surface area contributed by atoms with E-state index < -0.39 is 16.1 Å². The molecule has 1 N–H and O–H groups in total. The molecule has 1 heterocycles. The highest BCUT2D eigenvalue weighted by molar-refractivity contribution is 7.89. The molecule has 6 nitrogen and oxygen atoms in total. The maximum absolute atomic E-state index is 13.2. The summed E-state index contributed by atoms with van der Waals surface area (Å²) in [5, 5.41) is 2.87. The zero-order chi connectivity index (χ0) is 21.0. The fraction of sp³-hybridized carbons (Fsp3) is 0.364. The second-order valence-electron chi connectivity index (χ2n) is 7.25. The molecule has 154 valence electrons. The van der Waals surface area contributed by atoms with Crippen LogP contribution in [0, 0.1) is 0 Å². The van der Waals surface area contributed by atoms with Crippen LogP contribution >= 0.6 is 0 Å². The first-order valence-electron chi connectivity index (χ1n) is 9.85. The number of carbonyl (C=O) groups is 2. The Morgan fingerprint density at radius 2 is 1.83 bits per heavy atom. The van der Waals surface area contributed by atoms with Gasteiger partial charge in [-0.25, -0.2) is 8.42 Å². The minimum Gasteiger partial charge on any atom is -0.325 e. The fourth-order valence-electron chi connectivity index (χ4n) is 3.55. The largest absolute Gasteiger partial charge is 0.325 e. The highest BCUT2D eigenvalue weighted by Crippen LogP contribution is 2.27. The third-order valence-corrected chi connectivity index (χ3v) is 7.15. The van der Waals surface area contributed by atoms with Gasteiger partial charge < -0.3 is 5.32 Å². The molecule has 1 amide bonds. The van der Waals surface area contributed by atoms with Crippen LogP contribution in [0.2, 0.25) is 0 Å². The number of nitrogens with one attached hydrogen (secondary N) is 1. The Bertz CT molecular complexity index is 1000. The van der Waals surface area contributed by atoms with E-state index in [1.807, 2.05) is 25.1 Å². The van der Waals surface area contributed by atoms with Crippen molar-refractivity contribution in [2.75, 3.05) is 11.9 Å². The van der Waals surface area contributed by atoms with Gasteiger partial charge in [0.1, 0.15) is 6.04 Å². The predicted molar refractivity (Wildman–Crippen MR) is 112 cm³/mol. The van der Waals surface area contributed by atoms with Crippen LogP contribution in [0.1, 0.15) is 49.0 Å². The Morgan fingerprint density at radius 1 is 1.10 bits per heavy atom. The quantitative estimate of drug-likeness (QED) is 0.732. The summed E-state index contributed by atoms with van der Waals surface area (Å²) < 4.78 is 27.7. The molecule has 1 atom stereocenters. The van der Waals surface area contributed by atoms with Gasteiger partial charge in [-0.2, -0.15) is 4.31 Å². The van der Waals surface area contributed by atoms with Crippen LogP contribution in [0.25, 0.3) is 0 Å². The molecule has 1 saturated heterocycles. The lowest BCUT2D eigenvalue weighted by Gasteiger charge is -2.33. The minimum absolute atomic E-state index is 0.0928. The number of piperidine rings is 1. The molecule has 1 fully saturated rings. The van der Waals surface area contributed by atoms with Crippen LogP contribution in [0.4, 0.5) is 5.69 Å². The Balaban J connectivity index is 1.84. The molecule has 0 bridgehead atoms. The second-order valence-corrected chi connectivity index (χ2v) is 9.14. The van der Waals surface area contributed by atoms with E-state index >= 15 is 0 Å². The van der Waals surface area contributed by atoms with Gasteiger partial charge in [-0.15, -0.1) is 0 Å². The molecule has 0 spiro atoms. The number of ketones is 1. The zero-order valence-electron chi connectivity index (χ0n) is 16.7. The SMILES string of the molecule is CCc1cccc(NC(=O)C2CCCCN2S(=O)(=O)c2ccc(C(C)=O)cc2)c1. The maximum Gasteiger partial charge on any atom is 0.243 e. The summed E-state index contributed by atoms with van der Waals surface area (Å²) >= 11 is 0. The highest BCUT2D eigenvalue weighted by Gasteiger charge is 2.37. The van der Waals surface area contributed by atoms with E-state index in [9.17, 15) is 18.0 Å². The number of Topliss-reactive ketones (excluding diaryl/α,β-unsaturated/α-hetero) is 1. The molecular weight excluding hydrogens is 388 g/mol. The van der Waals surface area contributed by atoms with Crippen molar-refractivity contribution in [2.24, 2.45) is 0 Å². The molecule has 0 aromatic heterocycles. The van der Waals surface area contributed by atoms with E-state index in [4.69, 9.17) is 0 Å². The van der Waals surface area contributed by atoms with Crippen molar-refractivity contribution in [1.29, 1.82) is 0 Å². The molecule has 29 heavy (non-hydrogen) atoms. The van der Waals surface area contributed by atoms with E-state index in [-0.39, 0.29) is 16.6 Å². The third-order valence-electron chi connectivity index (χ3n) is 5.23. The van der Waals surface area contributed by atoms with Crippen LogP contribution in [-0.2, 0) is 21.2 Å². The van der Waals surface area contributed by atoms with Gasteiger partial charge in [0, 0.05) is 17.8 Å². The minimum atomic E-state index is -3.84. The average molecular weight is 415 g/mol. The topological polar surface area (TPSA) is 83.6 Å². The molecule has 1 aliphatic rings. The first-order chi connectivity index (χ1) is 13.8. The van der Waals surface area contributed by atoms with Crippen LogP contribution in [0.3, 0.4) is 0 Å². The number of hydrogen-bond acceptors (Lipinski definition) is 4. The number of amides is 1. The lowest BCUT2D eigenvalue weighted by Crippen LogP contribution is -2.49. The first kappa shape index (κ1) is 21.2. The van der Waals surface area contributed by atoms with Gasteiger partial charge in [0.25, 0.3) is 0 Å². The molecule has 7 heteroatoms. The first-order valence-corrected chi connectivity index (χ1v) is 11.3. The van der Waals surface area contributed by atoms with Crippen LogP contribution in [-0.4, -0.2) is 37.0 Å². The Labute approximate surface area is 172 Å². The summed E-state index contributed by atoms with van der Waals surface area (Å²) in [5.74, 6) is -0.444. The Kier molecular flexibility index (Phi) is 6.49. The Hall–Kier alpha value is -2.51. The number of hydrogen-bond donors (Lipinski definition) is 1. The summed E-state index contributed by atoms with van der Waals surface area (Å²) in [7, 11) is -3.84. The summed E-state index contributed by atoms with van der Waals surface area (Å²) in [6, 6.07) is 12.7. The third kappa shape index (κ3) is 4.74. The summed E-state index contributed by atoms with van der Waals surface area (Å²) in [5.41, 5.74) is 2.22. The Morgan fingerprint density at radius 3 is 2.48 bits per heavy atom. The van der Waals surface area contributed by atoms with Crippen molar-refractivity contribution in [1.82, 2.24) is 4.31 Å². The number of aryl methyl sites for hydroxylation is 1. The number of benzene rings is 2. The van der Waals surface area contributed by atoms with Gasteiger partial charge in [0.2, 0.25) is 15.9 Å². The second kappa shape index (κ2) is 8.88. The van der Waals surface area contributed by atoms with Crippen molar-refractivity contribution in [3.63, 3.8) is 0 Å². The maximum atomic E-state index is 13.2. The summed E-state index contributed by atoms with van der Waals surface area (Å²) in [4.78, 5) is 24.5. The summed E-state index contributed by atoms with van der Waals surface area (Å²) in [6.45, 7) is 3.76. The van der Waals surface area contributed by atoms with Gasteiger partial charge in [0.05, 0.1) is 4.90 Å². The molecule has 2 aromatic rings. The van der Waals surface area contributed by atoms with Crippen molar-refractivity contribution < 1.29 is 18.0 Å². The van der Waals surface area contributed by atoms with E-state index in [1.165, 1.54) is 35.5 Å². The van der Waals surface area contributed by atoms with Crippen LogP contribution in [0.15, 0.2) is 53.4 Å². The zero-order valence-corrected chi connectivity index (χ0v) is 17.5. The van der Waals surface area contributed by atoms with Crippen molar-refractivity contribution >= 4 is 27.4 Å². The van der Waals surface area contributed by atoms with Crippen molar-refractivity contribution in [2.45, 2.75) is 50.5 Å². The van der Waals surface area contributed by atoms with Gasteiger partial charge in [0.15, 0.2) is 5.78 Å². The summed E-state index contributed by atoms with van der Waals surface area (Å²) in [6.07, 6.45) is 2.83. The standard InChI is InChI=1S/C22H26N2O4S/c1-3-17-7-6-8-19(15-17)23-22(26)21-9-4-5-14-24(21)29(27,28)20-12-10-18(11-13-20)16(2)25/h6-8,10-13,15,21H,3-5,9,14H2,1-2H3,(H,23,26). The van der Waals surface area contributed by atoms with E-state index in [0.717, 1.165) is 18.4 Å². The lowest BCUT2D eigenvalue weighted by atomic mass is 10.0. The predicted octanol–water partition coefficient (Wildman–Crippen LogP) is 3.63. The smallest absolute Gasteiger partial charge is 0.243 e. The van der Waals surface area contributed by atoms with E-state index in [0.29, 0.717) is 30.6 Å². The molecule has 3 rings (SSSR count). The molecule has 0 radical (unpaired) electrons. The van der Waals surface area contributed by atoms with E-state index in [2.05, 4.69) is 5.32 Å². The molecular formula is C22H26N2O4S. The van der Waals surface area contributed by atoms with Gasteiger partial charge in [-0.1, -0.05) is 37.6 Å². The molecule has 2 aromatic carbocycles. The molecule has 0 saturated carbocycles. The van der Waals surface area contributed by atoms with Gasteiger partial charge in [-0.3, -0.25) is 9.59 Å². The number of rotatable bonds is 6. The lowest BCUT2D eigenvalue weighted by molar-refractivity contribution is -0.120. The van der Waals surface area contributed by atoms with Gasteiger partial charge >= 0.3 is 0 Å². The number of sulfonamides is 1. The fourth-order valence-corrected chi connectivity index (χ4v) is 5.20. The number of nitrogens with zero attached hydrogens (tertiary/aromatic N) is 1. The van der Waals surface area contributed by atoms with Crippen LogP contribution in [0.5, 0.6) is 0 Å². The normalized spacial score (nSPS) is 17.7. The van der Waals surface area contributed by atoms with Crippen molar-refractivity contribution in [3.8, 4) is 0 Å². The van der Waals surface area contributed by atoms with Crippen molar-refractivity contribution in [3.05, 3.63) is 59.7 Å². The number of carbonyl (C=O) groups excluding carboxylic acids is 2. The van der Waals surface area contributed by atoms with E-state index in [1.54, 1.807) is 6.07 Å².